The van der Waals surface area contributed by atoms with E-state index in [0.717, 1.165) is 12.0 Å². The number of benzene rings is 2. The smallest absolute Gasteiger partial charge is 0.339 e. The average molecular weight is 672 g/mol. The van der Waals surface area contributed by atoms with Crippen molar-refractivity contribution in [3.63, 3.8) is 0 Å². The summed E-state index contributed by atoms with van der Waals surface area (Å²) < 4.78 is 0. The van der Waals surface area contributed by atoms with Gasteiger partial charge in [0.25, 0.3) is 0 Å². The van der Waals surface area contributed by atoms with Gasteiger partial charge in [-0.2, -0.15) is 0 Å². The van der Waals surface area contributed by atoms with Crippen molar-refractivity contribution < 1.29 is 19.5 Å². The van der Waals surface area contributed by atoms with E-state index >= 15 is 0 Å². The number of amides is 1. The number of aromatic carboxylic acids is 1. The van der Waals surface area contributed by atoms with Crippen molar-refractivity contribution in [3.8, 4) is 10.4 Å². The summed E-state index contributed by atoms with van der Waals surface area (Å²) >= 11 is 7.21. The molecule has 0 aliphatic heterocycles. The molecule has 256 valence electrons. The third kappa shape index (κ3) is 17.3. The summed E-state index contributed by atoms with van der Waals surface area (Å²) in [6.07, 6.45) is 9.02. The topological polar surface area (TPSA) is 83.5 Å². The first-order chi connectivity index (χ1) is 22.2. The van der Waals surface area contributed by atoms with Crippen molar-refractivity contribution >= 4 is 47.3 Å². The first-order valence-corrected chi connectivity index (χ1v) is 17.5. The van der Waals surface area contributed by atoms with Crippen LogP contribution in [-0.2, 0) is 22.4 Å². The van der Waals surface area contributed by atoms with E-state index in [2.05, 4.69) is 45.7 Å². The lowest BCUT2D eigenvalue weighted by Crippen LogP contribution is -2.23. The van der Waals surface area contributed by atoms with Gasteiger partial charge in [0.1, 0.15) is 12.4 Å². The van der Waals surface area contributed by atoms with Crippen LogP contribution in [0, 0.1) is 5.92 Å². The largest absolute Gasteiger partial charge is 0.478 e. The van der Waals surface area contributed by atoms with E-state index in [9.17, 15) is 14.7 Å². The number of thiophene rings is 1. The number of hydrogen-bond acceptors (Lipinski definition) is 4. The molecule has 1 aliphatic carbocycles. The molecule has 1 heterocycles. The summed E-state index contributed by atoms with van der Waals surface area (Å²) in [6.45, 7) is 26.0. The molecule has 0 fully saturated rings. The van der Waals surface area contributed by atoms with Crippen LogP contribution in [0.1, 0.15) is 110 Å². The van der Waals surface area contributed by atoms with Crippen LogP contribution in [-0.4, -0.2) is 23.8 Å². The highest BCUT2D eigenvalue weighted by molar-refractivity contribution is 7.14. The Morgan fingerprint density at radius 2 is 1.43 bits per heavy atom. The highest BCUT2D eigenvalue weighted by atomic mass is 35.5. The van der Waals surface area contributed by atoms with E-state index in [0.29, 0.717) is 28.4 Å². The van der Waals surface area contributed by atoms with Gasteiger partial charge in [-0.3, -0.25) is 4.79 Å². The first kappa shape index (κ1) is 46.9. The fourth-order valence-electron chi connectivity index (χ4n) is 3.99. The number of halogens is 1. The van der Waals surface area contributed by atoms with Crippen LogP contribution in [0.15, 0.2) is 78.2 Å². The molecule has 46 heavy (non-hydrogen) atoms. The monoisotopic (exact) mass is 671 g/mol. The van der Waals surface area contributed by atoms with Gasteiger partial charge in [-0.05, 0) is 68.4 Å². The second-order valence-electron chi connectivity index (χ2n) is 9.11. The fraction of sp³-hybridized carbons (Fsp3) is 0.410. The van der Waals surface area contributed by atoms with Gasteiger partial charge in [0.15, 0.2) is 0 Å². The number of carboxylic acid groups (broad SMARTS) is 1. The van der Waals surface area contributed by atoms with E-state index in [-0.39, 0.29) is 17.4 Å². The van der Waals surface area contributed by atoms with E-state index in [1.165, 1.54) is 40.9 Å². The minimum atomic E-state index is -1.06. The maximum atomic E-state index is 12.7. The number of anilines is 1. The number of carboxylic acids is 1. The first-order valence-electron chi connectivity index (χ1n) is 16.2. The summed E-state index contributed by atoms with van der Waals surface area (Å²) in [7, 11) is 0. The van der Waals surface area contributed by atoms with Crippen molar-refractivity contribution in [2.24, 2.45) is 5.92 Å². The summed E-state index contributed by atoms with van der Waals surface area (Å²) in [5.41, 5.74) is 5.09. The van der Waals surface area contributed by atoms with Crippen LogP contribution >= 0.6 is 22.9 Å². The number of fused-ring (bicyclic) bond motifs is 1. The summed E-state index contributed by atoms with van der Waals surface area (Å²) in [6, 6.07) is 15.0. The molecule has 3 aromatic rings. The van der Waals surface area contributed by atoms with E-state index < -0.39 is 5.97 Å². The third-order valence-corrected chi connectivity index (χ3v) is 7.50. The van der Waals surface area contributed by atoms with Gasteiger partial charge in [-0.25, -0.2) is 4.79 Å². The standard InChI is InChI=1S/C21H16ClNO3S.C7H14.C4H8.3C2H6.CH2O/c22-16-7-5-12(6-8-16)19-18(21(25)26)17(11-27-19)23-20(24)15-9-13-3-1-2-4-14(13)10-15;1-4-6-7(3)5-2;1-3-4-2;4*1-2/h1-8,11,15H,9-10H2,(H,23,24)(H,25,26);5H,4,6H2,1-3H3;3H,1,4H2,2H3;3*1-2H3;1H2/b;7-5+;;;;;. The molecular formula is C39H58ClNO4S. The molecule has 7 heteroatoms. The number of rotatable bonds is 7. The quantitative estimate of drug-likeness (QED) is 0.245. The zero-order valence-electron chi connectivity index (χ0n) is 29.8. The second-order valence-corrected chi connectivity index (χ2v) is 10.4. The minimum Gasteiger partial charge on any atom is -0.478 e. The van der Waals surface area contributed by atoms with Gasteiger partial charge in [0, 0.05) is 16.3 Å². The molecule has 1 amide bonds. The Hall–Kier alpha value is -3.48. The zero-order valence-corrected chi connectivity index (χ0v) is 31.4. The van der Waals surface area contributed by atoms with Crippen LogP contribution in [0.3, 0.4) is 0 Å². The highest BCUT2D eigenvalue weighted by Crippen LogP contribution is 2.37. The van der Waals surface area contributed by atoms with Gasteiger partial charge in [-0.15, -0.1) is 17.9 Å². The van der Waals surface area contributed by atoms with Crippen molar-refractivity contribution in [2.45, 2.75) is 101 Å². The predicted octanol–water partition coefficient (Wildman–Crippen LogP) is 12.3. The molecule has 0 saturated heterocycles. The molecule has 0 atom stereocenters. The predicted molar refractivity (Wildman–Crippen MR) is 204 cm³/mol. The Morgan fingerprint density at radius 3 is 1.80 bits per heavy atom. The molecule has 0 unspecified atom stereocenters. The molecule has 1 aliphatic rings. The van der Waals surface area contributed by atoms with Crippen LogP contribution in [0.25, 0.3) is 10.4 Å². The van der Waals surface area contributed by atoms with Crippen LogP contribution in [0.4, 0.5) is 5.69 Å². The number of carbonyl (C=O) groups excluding carboxylic acids is 2. The van der Waals surface area contributed by atoms with E-state index in [1.54, 1.807) is 29.6 Å². The highest BCUT2D eigenvalue weighted by Gasteiger charge is 2.29. The van der Waals surface area contributed by atoms with Gasteiger partial charge >= 0.3 is 5.97 Å². The zero-order chi connectivity index (χ0) is 36.1. The normalized spacial score (nSPS) is 10.7. The van der Waals surface area contributed by atoms with Crippen molar-refractivity contribution in [1.29, 1.82) is 0 Å². The molecule has 4 rings (SSSR count). The molecule has 0 spiro atoms. The van der Waals surface area contributed by atoms with Crippen molar-refractivity contribution in [1.82, 2.24) is 0 Å². The summed E-state index contributed by atoms with van der Waals surface area (Å²) in [5, 5.41) is 14.8. The van der Waals surface area contributed by atoms with E-state index in [1.807, 2.05) is 78.7 Å². The Balaban J connectivity index is -0.000000815. The lowest BCUT2D eigenvalue weighted by molar-refractivity contribution is -0.119. The number of nitrogens with one attached hydrogen (secondary N) is 1. The Bertz CT molecular complexity index is 1240. The van der Waals surface area contributed by atoms with Crippen LogP contribution in [0.2, 0.25) is 5.02 Å². The SMILES string of the molecule is C/C=C(\C)CCC.C=CCC.C=O.CC.CC.CC.O=C(O)c1c(NC(=O)C2Cc3ccccc3C2)csc1-c1ccc(Cl)cc1. The maximum Gasteiger partial charge on any atom is 0.339 e. The Kier molecular flexibility index (Phi) is 30.8. The molecule has 0 radical (unpaired) electrons. The van der Waals surface area contributed by atoms with Crippen molar-refractivity contribution in [3.05, 3.63) is 99.9 Å². The van der Waals surface area contributed by atoms with Crippen molar-refractivity contribution in [2.75, 3.05) is 5.32 Å². The summed E-state index contributed by atoms with van der Waals surface area (Å²) in [5.74, 6) is -1.39. The molecule has 0 bridgehead atoms. The third-order valence-electron chi connectivity index (χ3n) is 6.22. The molecule has 0 saturated carbocycles. The fourth-order valence-corrected chi connectivity index (χ4v) is 5.12. The van der Waals surface area contributed by atoms with Crippen LogP contribution in [0.5, 0.6) is 0 Å². The molecule has 2 aromatic carbocycles. The lowest BCUT2D eigenvalue weighted by Gasteiger charge is -2.10. The number of allylic oxidation sites excluding steroid dienone is 3. The molecule has 2 N–H and O–H groups in total. The second kappa shape index (κ2) is 30.2. The van der Waals surface area contributed by atoms with Gasteiger partial charge in [0.05, 0.1) is 10.6 Å². The van der Waals surface area contributed by atoms with Crippen LogP contribution < -0.4 is 5.32 Å². The Morgan fingerprint density at radius 1 is 0.957 bits per heavy atom. The molecular weight excluding hydrogens is 614 g/mol. The van der Waals surface area contributed by atoms with Gasteiger partial charge in [0.2, 0.25) is 5.91 Å². The number of hydrogen-bond donors (Lipinski definition) is 2. The average Bonchev–Trinajstić information content (AvgIpc) is 3.74. The summed E-state index contributed by atoms with van der Waals surface area (Å²) in [4.78, 5) is 33.2. The minimum absolute atomic E-state index is 0.117. The van der Waals surface area contributed by atoms with E-state index in [4.69, 9.17) is 16.4 Å². The van der Waals surface area contributed by atoms with Gasteiger partial charge in [-0.1, -0.05) is 128 Å². The number of carbonyl (C=O) groups is 3. The molecule has 1 aromatic heterocycles. The lowest BCUT2D eigenvalue weighted by atomic mass is 10.0. The Labute approximate surface area is 288 Å². The molecule has 5 nitrogen and oxygen atoms in total. The van der Waals surface area contributed by atoms with Gasteiger partial charge < -0.3 is 15.2 Å². The maximum absolute atomic E-state index is 12.7.